The fourth-order valence-corrected chi connectivity index (χ4v) is 2.53. The molecule has 126 valence electrons. The zero-order valence-electron chi connectivity index (χ0n) is 13.9. The van der Waals surface area contributed by atoms with Crippen LogP contribution in [0, 0.1) is 0 Å². The van der Waals surface area contributed by atoms with E-state index in [0.29, 0.717) is 12.2 Å². The van der Waals surface area contributed by atoms with Gasteiger partial charge in [-0.3, -0.25) is 14.7 Å². The molecule has 2 atom stereocenters. The van der Waals surface area contributed by atoms with Crippen molar-refractivity contribution < 1.29 is 19.1 Å². The number of rotatable bonds is 2. The predicted molar refractivity (Wildman–Crippen MR) is 82.4 cm³/mol. The maximum Gasteiger partial charge on any atom is 0.412 e. The first-order valence-corrected chi connectivity index (χ1v) is 7.33. The highest BCUT2D eigenvalue weighted by atomic mass is 16.6. The fourth-order valence-electron chi connectivity index (χ4n) is 2.53. The number of hydrogen-bond acceptors (Lipinski definition) is 6. The molecule has 2 heterocycles. The van der Waals surface area contributed by atoms with E-state index in [4.69, 9.17) is 9.47 Å². The quantitative estimate of drug-likeness (QED) is 0.833. The van der Waals surface area contributed by atoms with E-state index in [0.717, 1.165) is 0 Å². The van der Waals surface area contributed by atoms with Gasteiger partial charge in [0.2, 0.25) is 0 Å². The van der Waals surface area contributed by atoms with E-state index in [1.54, 1.807) is 20.8 Å². The zero-order valence-corrected chi connectivity index (χ0v) is 13.9. The van der Waals surface area contributed by atoms with Crippen molar-refractivity contribution in [1.29, 1.82) is 0 Å². The van der Waals surface area contributed by atoms with Crippen molar-refractivity contribution in [3.05, 3.63) is 22.4 Å². The Hall–Kier alpha value is -2.38. The third-order valence-electron chi connectivity index (χ3n) is 3.46. The molecular weight excluding hydrogens is 302 g/mol. The topological polar surface area (TPSA) is 99.5 Å². The lowest BCUT2D eigenvalue weighted by Gasteiger charge is -2.20. The SMILES string of the molecule is COC(=O)[C@@H]1C[C@@H](C)c2ncc(NC(=O)OC(C)(C)C)c(=O)n21. The molecule has 0 radical (unpaired) electrons. The number of carbonyl (C=O) groups is 2. The van der Waals surface area contributed by atoms with E-state index in [1.165, 1.54) is 17.9 Å². The Kier molecular flexibility index (Phi) is 4.44. The maximum atomic E-state index is 12.6. The molecule has 0 saturated heterocycles. The number of nitrogens with zero attached hydrogens (tertiary/aromatic N) is 2. The van der Waals surface area contributed by atoms with Gasteiger partial charge in [0, 0.05) is 5.92 Å². The molecule has 1 aromatic heterocycles. The van der Waals surface area contributed by atoms with Crippen LogP contribution in [-0.4, -0.2) is 34.3 Å². The van der Waals surface area contributed by atoms with Gasteiger partial charge in [0.1, 0.15) is 23.2 Å². The molecule has 8 heteroatoms. The number of hydrogen-bond donors (Lipinski definition) is 1. The molecule has 0 aliphatic carbocycles. The van der Waals surface area contributed by atoms with E-state index in [2.05, 4.69) is 10.3 Å². The number of methoxy groups -OCH3 is 1. The lowest BCUT2D eigenvalue weighted by molar-refractivity contribution is -0.144. The minimum Gasteiger partial charge on any atom is -0.467 e. The summed E-state index contributed by atoms with van der Waals surface area (Å²) in [5, 5.41) is 2.38. The first-order chi connectivity index (χ1) is 10.6. The predicted octanol–water partition coefficient (Wildman–Crippen LogP) is 1.81. The Labute approximate surface area is 133 Å². The summed E-state index contributed by atoms with van der Waals surface area (Å²) < 4.78 is 11.1. The van der Waals surface area contributed by atoms with Crippen LogP contribution in [0.3, 0.4) is 0 Å². The first-order valence-electron chi connectivity index (χ1n) is 7.33. The van der Waals surface area contributed by atoms with Gasteiger partial charge >= 0.3 is 12.1 Å². The largest absolute Gasteiger partial charge is 0.467 e. The lowest BCUT2D eigenvalue weighted by atomic mass is 10.1. The Morgan fingerprint density at radius 3 is 2.61 bits per heavy atom. The fraction of sp³-hybridized carbons (Fsp3) is 0.600. The smallest absolute Gasteiger partial charge is 0.412 e. The van der Waals surface area contributed by atoms with Gasteiger partial charge in [-0.15, -0.1) is 0 Å². The highest BCUT2D eigenvalue weighted by Gasteiger charge is 2.36. The molecule has 1 aromatic rings. The van der Waals surface area contributed by atoms with Crippen molar-refractivity contribution in [2.24, 2.45) is 0 Å². The van der Waals surface area contributed by atoms with Crippen molar-refractivity contribution in [1.82, 2.24) is 9.55 Å². The number of amides is 1. The van der Waals surface area contributed by atoms with Crippen LogP contribution in [0.4, 0.5) is 10.5 Å². The molecule has 0 aromatic carbocycles. The molecule has 0 spiro atoms. The normalized spacial score (nSPS) is 19.9. The second-order valence-corrected chi connectivity index (χ2v) is 6.51. The van der Waals surface area contributed by atoms with Crippen LogP contribution in [-0.2, 0) is 14.3 Å². The third kappa shape index (κ3) is 3.52. The van der Waals surface area contributed by atoms with Crippen molar-refractivity contribution >= 4 is 17.7 Å². The summed E-state index contributed by atoms with van der Waals surface area (Å²) in [6.07, 6.45) is 0.969. The second-order valence-electron chi connectivity index (χ2n) is 6.51. The number of aromatic nitrogens is 2. The number of anilines is 1. The standard InChI is InChI=1S/C15H21N3O5/c1-8-6-10(13(20)22-5)18-11(8)16-7-9(12(18)19)17-14(21)23-15(2,3)4/h7-8,10H,6H2,1-5H3,(H,17,21)/t8-,10+/m1/s1. The summed E-state index contributed by atoms with van der Waals surface area (Å²) in [5.41, 5.74) is -1.22. The molecule has 0 fully saturated rings. The van der Waals surface area contributed by atoms with Gasteiger partial charge in [0.05, 0.1) is 13.3 Å². The van der Waals surface area contributed by atoms with Gasteiger partial charge in [-0.25, -0.2) is 14.6 Å². The van der Waals surface area contributed by atoms with Crippen LogP contribution >= 0.6 is 0 Å². The summed E-state index contributed by atoms with van der Waals surface area (Å²) in [4.78, 5) is 40.5. The molecule has 1 aliphatic heterocycles. The van der Waals surface area contributed by atoms with Crippen LogP contribution in [0.25, 0.3) is 0 Å². The summed E-state index contributed by atoms with van der Waals surface area (Å²) in [6, 6.07) is -0.731. The zero-order chi connectivity index (χ0) is 17.4. The number of esters is 1. The molecule has 0 bridgehead atoms. The number of nitrogens with one attached hydrogen (secondary N) is 1. The third-order valence-corrected chi connectivity index (χ3v) is 3.46. The van der Waals surface area contributed by atoms with E-state index in [1.807, 2.05) is 6.92 Å². The number of carbonyl (C=O) groups excluding carboxylic acids is 2. The molecule has 1 aliphatic rings. The summed E-state index contributed by atoms with van der Waals surface area (Å²) >= 11 is 0. The molecule has 0 saturated carbocycles. The Balaban J connectivity index is 2.34. The summed E-state index contributed by atoms with van der Waals surface area (Å²) in [5.74, 6) is -0.0589. The summed E-state index contributed by atoms with van der Waals surface area (Å²) in [7, 11) is 1.27. The van der Waals surface area contributed by atoms with Gasteiger partial charge in [-0.05, 0) is 27.2 Å². The average molecular weight is 323 g/mol. The van der Waals surface area contributed by atoms with Crippen LogP contribution in [0.1, 0.15) is 51.9 Å². The Morgan fingerprint density at radius 1 is 1.39 bits per heavy atom. The highest BCUT2D eigenvalue weighted by Crippen LogP contribution is 2.33. The van der Waals surface area contributed by atoms with Crippen LogP contribution < -0.4 is 10.9 Å². The van der Waals surface area contributed by atoms with Crippen molar-refractivity contribution in [2.45, 2.75) is 51.7 Å². The number of ether oxygens (including phenoxy) is 2. The molecule has 1 amide bonds. The van der Waals surface area contributed by atoms with Gasteiger partial charge in [-0.1, -0.05) is 6.92 Å². The monoisotopic (exact) mass is 323 g/mol. The summed E-state index contributed by atoms with van der Waals surface area (Å²) in [6.45, 7) is 7.03. The van der Waals surface area contributed by atoms with Gasteiger partial charge < -0.3 is 9.47 Å². The van der Waals surface area contributed by atoms with E-state index in [9.17, 15) is 14.4 Å². The van der Waals surface area contributed by atoms with Gasteiger partial charge in [-0.2, -0.15) is 0 Å². The minimum atomic E-state index is -0.752. The molecular formula is C15H21N3O5. The minimum absolute atomic E-state index is 0.0361. The van der Waals surface area contributed by atoms with E-state index >= 15 is 0 Å². The highest BCUT2D eigenvalue weighted by molar-refractivity contribution is 5.84. The average Bonchev–Trinajstić information content (AvgIpc) is 2.77. The molecule has 0 unspecified atom stereocenters. The van der Waals surface area contributed by atoms with Gasteiger partial charge in [0.25, 0.3) is 5.56 Å². The van der Waals surface area contributed by atoms with Crippen LogP contribution in [0.15, 0.2) is 11.0 Å². The van der Waals surface area contributed by atoms with Crippen molar-refractivity contribution in [2.75, 3.05) is 12.4 Å². The maximum absolute atomic E-state index is 12.6. The van der Waals surface area contributed by atoms with Gasteiger partial charge in [0.15, 0.2) is 0 Å². The first kappa shape index (κ1) is 17.0. The Morgan fingerprint density at radius 2 is 2.04 bits per heavy atom. The number of fused-ring (bicyclic) bond motifs is 1. The van der Waals surface area contributed by atoms with E-state index in [-0.39, 0.29) is 11.6 Å². The molecule has 8 nitrogen and oxygen atoms in total. The lowest BCUT2D eigenvalue weighted by Crippen LogP contribution is -2.33. The molecule has 1 N–H and O–H groups in total. The van der Waals surface area contributed by atoms with Crippen molar-refractivity contribution in [3.8, 4) is 0 Å². The van der Waals surface area contributed by atoms with E-state index < -0.39 is 29.3 Å². The molecule has 23 heavy (non-hydrogen) atoms. The molecule has 2 rings (SSSR count). The van der Waals surface area contributed by atoms with Crippen LogP contribution in [0.2, 0.25) is 0 Å². The van der Waals surface area contributed by atoms with Crippen molar-refractivity contribution in [3.63, 3.8) is 0 Å². The Bertz CT molecular complexity index is 689. The van der Waals surface area contributed by atoms with Crippen LogP contribution in [0.5, 0.6) is 0 Å². The second kappa shape index (κ2) is 6.02.